The number of aryl methyl sites for hydroxylation is 1. The van der Waals surface area contributed by atoms with E-state index in [1.54, 1.807) is 0 Å². The number of nitrogens with zero attached hydrogens (tertiary/aromatic N) is 1. The molecule has 1 heterocycles. The molecule has 0 radical (unpaired) electrons. The molecule has 0 saturated carbocycles. The van der Waals surface area contributed by atoms with E-state index in [1.807, 2.05) is 12.3 Å². The summed E-state index contributed by atoms with van der Waals surface area (Å²) in [5.41, 5.74) is 1.12. The molecule has 1 rings (SSSR count). The van der Waals surface area contributed by atoms with Crippen LogP contribution < -0.4 is 6.15 Å². The summed E-state index contributed by atoms with van der Waals surface area (Å²) in [5, 5.41) is 6.64. The first-order valence-corrected chi connectivity index (χ1v) is 2.42. The van der Waals surface area contributed by atoms with Crippen molar-refractivity contribution in [1.82, 2.24) is 16.3 Å². The van der Waals surface area contributed by atoms with E-state index >= 15 is 0 Å². The second-order valence-corrected chi connectivity index (χ2v) is 1.42. The van der Waals surface area contributed by atoms with E-state index in [0.29, 0.717) is 0 Å². The van der Waals surface area contributed by atoms with Crippen molar-refractivity contribution in [1.29, 1.82) is 0 Å². The molecule has 0 aliphatic rings. The van der Waals surface area contributed by atoms with Crippen molar-refractivity contribution < 1.29 is 0 Å². The van der Waals surface area contributed by atoms with Crippen LogP contribution in [0, 0.1) is 0 Å². The maximum absolute atomic E-state index is 3.91. The third kappa shape index (κ3) is 1.35. The minimum atomic E-state index is 0. The Morgan fingerprint density at radius 1 is 1.75 bits per heavy atom. The smallest absolute Gasteiger partial charge is 0.0619 e. The third-order valence-electron chi connectivity index (χ3n) is 0.921. The summed E-state index contributed by atoms with van der Waals surface area (Å²) in [5.74, 6) is 0. The molecular formula is C5H11N3. The maximum atomic E-state index is 3.91. The molecular weight excluding hydrogens is 102 g/mol. The van der Waals surface area contributed by atoms with E-state index in [4.69, 9.17) is 0 Å². The van der Waals surface area contributed by atoms with Gasteiger partial charge in [0.05, 0.1) is 5.69 Å². The molecule has 1 aromatic heterocycles. The molecule has 0 aromatic carbocycles. The predicted octanol–water partition coefficient (Wildman–Crippen LogP) is 1.13. The van der Waals surface area contributed by atoms with E-state index in [9.17, 15) is 0 Å². The summed E-state index contributed by atoms with van der Waals surface area (Å²) in [6.45, 7) is 2.08. The number of nitrogens with one attached hydrogen (secondary N) is 1. The van der Waals surface area contributed by atoms with Gasteiger partial charge in [-0.05, 0) is 12.5 Å². The maximum Gasteiger partial charge on any atom is 0.0619 e. The van der Waals surface area contributed by atoms with E-state index in [1.165, 1.54) is 0 Å². The molecule has 1 aromatic rings. The Labute approximate surface area is 48.7 Å². The van der Waals surface area contributed by atoms with Gasteiger partial charge in [-0.25, -0.2) is 0 Å². The molecule has 0 unspecified atom stereocenters. The molecule has 0 aliphatic heterocycles. The van der Waals surface area contributed by atoms with Crippen molar-refractivity contribution in [3.8, 4) is 0 Å². The Morgan fingerprint density at radius 3 is 2.75 bits per heavy atom. The monoisotopic (exact) mass is 113 g/mol. The third-order valence-corrected chi connectivity index (χ3v) is 0.921. The SMILES string of the molecule is CCc1cc[nH]n1.N. The van der Waals surface area contributed by atoms with Gasteiger partial charge in [0.15, 0.2) is 0 Å². The summed E-state index contributed by atoms with van der Waals surface area (Å²) < 4.78 is 0. The summed E-state index contributed by atoms with van der Waals surface area (Å²) >= 11 is 0. The molecule has 0 fully saturated rings. The largest absolute Gasteiger partial charge is 0.344 e. The molecule has 0 bridgehead atoms. The van der Waals surface area contributed by atoms with Gasteiger partial charge >= 0.3 is 0 Å². The van der Waals surface area contributed by atoms with Crippen molar-refractivity contribution in [2.45, 2.75) is 13.3 Å². The zero-order valence-corrected chi connectivity index (χ0v) is 5.02. The van der Waals surface area contributed by atoms with Gasteiger partial charge in [-0.15, -0.1) is 0 Å². The predicted molar refractivity (Wildman–Crippen MR) is 33.0 cm³/mol. The Kier molecular flexibility index (Phi) is 2.88. The van der Waals surface area contributed by atoms with Crippen molar-refractivity contribution in [2.24, 2.45) is 0 Å². The van der Waals surface area contributed by atoms with Gasteiger partial charge in [-0.1, -0.05) is 6.92 Å². The van der Waals surface area contributed by atoms with Crippen LogP contribution in [0.15, 0.2) is 12.3 Å². The molecule has 3 heteroatoms. The Hall–Kier alpha value is -0.830. The Balaban J connectivity index is 0.000000490. The van der Waals surface area contributed by atoms with Crippen LogP contribution in [-0.2, 0) is 6.42 Å². The number of hydrogen-bond acceptors (Lipinski definition) is 2. The highest BCUT2D eigenvalue weighted by atomic mass is 15.1. The van der Waals surface area contributed by atoms with Gasteiger partial charge in [0.1, 0.15) is 0 Å². The summed E-state index contributed by atoms with van der Waals surface area (Å²) in [6.07, 6.45) is 2.85. The quantitative estimate of drug-likeness (QED) is 0.573. The highest BCUT2D eigenvalue weighted by Crippen LogP contribution is 1.88. The summed E-state index contributed by atoms with van der Waals surface area (Å²) in [6, 6.07) is 1.97. The van der Waals surface area contributed by atoms with E-state index in [0.717, 1.165) is 12.1 Å². The van der Waals surface area contributed by atoms with Crippen LogP contribution in [0.1, 0.15) is 12.6 Å². The zero-order chi connectivity index (χ0) is 5.11. The van der Waals surface area contributed by atoms with Crippen LogP contribution in [0.5, 0.6) is 0 Å². The topological polar surface area (TPSA) is 63.7 Å². The molecule has 0 aliphatic carbocycles. The van der Waals surface area contributed by atoms with Gasteiger partial charge in [0, 0.05) is 6.20 Å². The summed E-state index contributed by atoms with van der Waals surface area (Å²) in [7, 11) is 0. The van der Waals surface area contributed by atoms with Gasteiger partial charge in [0.25, 0.3) is 0 Å². The van der Waals surface area contributed by atoms with E-state index in [2.05, 4.69) is 17.1 Å². The summed E-state index contributed by atoms with van der Waals surface area (Å²) in [4.78, 5) is 0. The minimum absolute atomic E-state index is 0. The second kappa shape index (κ2) is 3.21. The fourth-order valence-electron chi connectivity index (χ4n) is 0.488. The lowest BCUT2D eigenvalue weighted by Gasteiger charge is -1.77. The van der Waals surface area contributed by atoms with Crippen LogP contribution in [0.2, 0.25) is 0 Å². The van der Waals surface area contributed by atoms with Gasteiger partial charge in [0.2, 0.25) is 0 Å². The molecule has 46 valence electrons. The lowest BCUT2D eigenvalue weighted by atomic mass is 10.4. The number of aromatic nitrogens is 2. The molecule has 0 spiro atoms. The second-order valence-electron chi connectivity index (χ2n) is 1.42. The van der Waals surface area contributed by atoms with Crippen molar-refractivity contribution >= 4 is 0 Å². The van der Waals surface area contributed by atoms with Gasteiger partial charge in [-0.3, -0.25) is 5.10 Å². The number of H-pyrrole nitrogens is 1. The molecule has 0 amide bonds. The van der Waals surface area contributed by atoms with Crippen LogP contribution in [0.3, 0.4) is 0 Å². The molecule has 4 N–H and O–H groups in total. The lowest BCUT2D eigenvalue weighted by Crippen LogP contribution is -1.75. The number of hydrogen-bond donors (Lipinski definition) is 2. The van der Waals surface area contributed by atoms with Crippen LogP contribution in [0.25, 0.3) is 0 Å². The molecule has 0 atom stereocenters. The fraction of sp³-hybridized carbons (Fsp3) is 0.400. The molecule has 0 saturated heterocycles. The van der Waals surface area contributed by atoms with Crippen molar-refractivity contribution in [3.63, 3.8) is 0 Å². The van der Waals surface area contributed by atoms with Crippen LogP contribution in [-0.4, -0.2) is 10.2 Å². The van der Waals surface area contributed by atoms with E-state index < -0.39 is 0 Å². The Morgan fingerprint density at radius 2 is 2.50 bits per heavy atom. The van der Waals surface area contributed by atoms with Crippen molar-refractivity contribution in [3.05, 3.63) is 18.0 Å². The highest BCUT2D eigenvalue weighted by molar-refractivity contribution is 4.95. The van der Waals surface area contributed by atoms with Crippen LogP contribution >= 0.6 is 0 Å². The van der Waals surface area contributed by atoms with Crippen LogP contribution in [0.4, 0.5) is 0 Å². The lowest BCUT2D eigenvalue weighted by molar-refractivity contribution is 0.975. The first kappa shape index (κ1) is 7.17. The van der Waals surface area contributed by atoms with Crippen molar-refractivity contribution in [2.75, 3.05) is 0 Å². The van der Waals surface area contributed by atoms with Gasteiger partial charge < -0.3 is 6.15 Å². The Bertz CT molecular complexity index is 122. The first-order valence-electron chi connectivity index (χ1n) is 2.42. The number of aromatic amines is 1. The average molecular weight is 113 g/mol. The average Bonchev–Trinajstić information content (AvgIpc) is 2.14. The minimum Gasteiger partial charge on any atom is -0.344 e. The van der Waals surface area contributed by atoms with Gasteiger partial charge in [-0.2, -0.15) is 5.10 Å². The van der Waals surface area contributed by atoms with E-state index in [-0.39, 0.29) is 6.15 Å². The normalized spacial score (nSPS) is 8.12. The standard InChI is InChI=1S/C5H8N2.H3N/c1-2-5-3-4-6-7-5;/h3-4H,2H2,1H3,(H,6,7);1H3. The molecule has 3 nitrogen and oxygen atoms in total. The zero-order valence-electron chi connectivity index (χ0n) is 5.02. The highest BCUT2D eigenvalue weighted by Gasteiger charge is 1.83. The number of rotatable bonds is 1. The fourth-order valence-corrected chi connectivity index (χ4v) is 0.488. The first-order chi connectivity index (χ1) is 3.43. The molecule has 8 heavy (non-hydrogen) atoms.